The lowest BCUT2D eigenvalue weighted by Gasteiger charge is -2.11. The third kappa shape index (κ3) is 4.62. The first-order valence-corrected chi connectivity index (χ1v) is 10.2. The second-order valence-electron chi connectivity index (χ2n) is 6.38. The molecule has 1 aliphatic rings. The fourth-order valence-corrected chi connectivity index (χ4v) is 4.81. The second-order valence-corrected chi connectivity index (χ2v) is 7.89. The van der Waals surface area contributed by atoms with E-state index in [2.05, 4.69) is 22.8 Å². The van der Waals surface area contributed by atoms with Gasteiger partial charge >= 0.3 is 5.97 Å². The number of anilines is 1. The molecule has 4 nitrogen and oxygen atoms in total. The monoisotopic (exact) mass is 388 g/mol. The van der Waals surface area contributed by atoms with Gasteiger partial charge in [0.15, 0.2) is 5.11 Å². The Kier molecular flexibility index (Phi) is 6.63. The zero-order valence-corrected chi connectivity index (χ0v) is 16.6. The van der Waals surface area contributed by atoms with E-state index in [1.807, 2.05) is 18.2 Å². The molecule has 0 aliphatic heterocycles. The Hall–Kier alpha value is -1.92. The molecule has 26 heavy (non-hydrogen) atoms. The van der Waals surface area contributed by atoms with E-state index in [0.717, 1.165) is 42.8 Å². The molecule has 0 spiro atoms. The topological polar surface area (TPSA) is 50.4 Å². The summed E-state index contributed by atoms with van der Waals surface area (Å²) in [6, 6.07) is 10.3. The Bertz CT molecular complexity index is 772. The average molecular weight is 389 g/mol. The van der Waals surface area contributed by atoms with Crippen LogP contribution in [-0.2, 0) is 24.0 Å². The van der Waals surface area contributed by atoms with Gasteiger partial charge in [-0.3, -0.25) is 0 Å². The van der Waals surface area contributed by atoms with Crippen molar-refractivity contribution in [3.63, 3.8) is 0 Å². The molecular weight excluding hydrogens is 364 g/mol. The van der Waals surface area contributed by atoms with Crippen molar-refractivity contribution in [2.45, 2.75) is 38.5 Å². The Balaban J connectivity index is 1.66. The van der Waals surface area contributed by atoms with Crippen molar-refractivity contribution >= 4 is 39.6 Å². The number of fused-ring (bicyclic) bond motifs is 1. The van der Waals surface area contributed by atoms with Crippen molar-refractivity contribution in [3.8, 4) is 0 Å². The molecule has 0 unspecified atom stereocenters. The number of hydrogen-bond acceptors (Lipinski definition) is 4. The number of rotatable bonds is 5. The molecule has 0 saturated carbocycles. The highest BCUT2D eigenvalue weighted by Gasteiger charge is 2.25. The van der Waals surface area contributed by atoms with Crippen LogP contribution in [-0.4, -0.2) is 24.7 Å². The fraction of sp³-hybridized carbons (Fsp3) is 0.400. The molecule has 6 heteroatoms. The average Bonchev–Trinajstić information content (AvgIpc) is 2.83. The minimum Gasteiger partial charge on any atom is -0.465 e. The second kappa shape index (κ2) is 9.14. The van der Waals surface area contributed by atoms with Gasteiger partial charge in [-0.1, -0.05) is 36.8 Å². The number of nitrogens with one attached hydrogen (secondary N) is 2. The SMILES string of the molecule is COC(=O)c1c(NC(=S)NCCc2ccccc2)sc2c1CCCCC2. The van der Waals surface area contributed by atoms with Crippen LogP contribution in [0.2, 0.25) is 0 Å². The van der Waals surface area contributed by atoms with Crippen LogP contribution in [0.5, 0.6) is 0 Å². The van der Waals surface area contributed by atoms with Crippen LogP contribution in [0.1, 0.15) is 45.6 Å². The summed E-state index contributed by atoms with van der Waals surface area (Å²) < 4.78 is 5.03. The molecule has 2 aromatic rings. The van der Waals surface area contributed by atoms with Crippen LogP contribution in [0, 0.1) is 0 Å². The Morgan fingerprint density at radius 1 is 1.19 bits per heavy atom. The summed E-state index contributed by atoms with van der Waals surface area (Å²) >= 11 is 7.07. The highest BCUT2D eigenvalue weighted by Crippen LogP contribution is 2.37. The molecular formula is C20H24N2O2S2. The summed E-state index contributed by atoms with van der Waals surface area (Å²) in [4.78, 5) is 13.6. The van der Waals surface area contributed by atoms with Gasteiger partial charge in [0.25, 0.3) is 0 Å². The number of ether oxygens (including phenoxy) is 1. The molecule has 0 saturated heterocycles. The number of esters is 1. The van der Waals surface area contributed by atoms with Crippen molar-refractivity contribution < 1.29 is 9.53 Å². The Morgan fingerprint density at radius 2 is 1.96 bits per heavy atom. The highest BCUT2D eigenvalue weighted by molar-refractivity contribution is 7.80. The number of methoxy groups -OCH3 is 1. The minimum absolute atomic E-state index is 0.279. The van der Waals surface area contributed by atoms with Crippen LogP contribution < -0.4 is 10.6 Å². The zero-order chi connectivity index (χ0) is 18.4. The van der Waals surface area contributed by atoms with E-state index in [0.29, 0.717) is 10.7 Å². The first-order chi connectivity index (χ1) is 12.7. The van der Waals surface area contributed by atoms with Crippen molar-refractivity contribution in [1.29, 1.82) is 0 Å². The lowest BCUT2D eigenvalue weighted by Crippen LogP contribution is -2.30. The third-order valence-electron chi connectivity index (χ3n) is 4.58. The number of aryl methyl sites for hydroxylation is 1. The third-order valence-corrected chi connectivity index (χ3v) is 6.03. The molecule has 138 valence electrons. The van der Waals surface area contributed by atoms with Crippen molar-refractivity contribution in [2.75, 3.05) is 19.0 Å². The van der Waals surface area contributed by atoms with Gasteiger partial charge in [-0.2, -0.15) is 0 Å². The summed E-state index contributed by atoms with van der Waals surface area (Å²) in [6.45, 7) is 0.745. The van der Waals surface area contributed by atoms with E-state index in [1.54, 1.807) is 11.3 Å². The van der Waals surface area contributed by atoms with Crippen LogP contribution in [0.15, 0.2) is 30.3 Å². The van der Waals surface area contributed by atoms with E-state index < -0.39 is 0 Å². The first kappa shape index (κ1) is 18.9. The van der Waals surface area contributed by atoms with Gasteiger partial charge in [0, 0.05) is 11.4 Å². The van der Waals surface area contributed by atoms with Crippen molar-refractivity contribution in [1.82, 2.24) is 5.32 Å². The van der Waals surface area contributed by atoms with E-state index in [-0.39, 0.29) is 5.97 Å². The number of hydrogen-bond donors (Lipinski definition) is 2. The summed E-state index contributed by atoms with van der Waals surface area (Å²) in [5, 5.41) is 7.81. The highest BCUT2D eigenvalue weighted by atomic mass is 32.1. The maximum atomic E-state index is 12.3. The first-order valence-electron chi connectivity index (χ1n) is 9.00. The molecule has 0 fully saturated rings. The predicted molar refractivity (Wildman–Crippen MR) is 111 cm³/mol. The van der Waals surface area contributed by atoms with Crippen molar-refractivity contribution in [3.05, 3.63) is 51.9 Å². The van der Waals surface area contributed by atoms with Crippen molar-refractivity contribution in [2.24, 2.45) is 0 Å². The van der Waals surface area contributed by atoms with Gasteiger partial charge < -0.3 is 15.4 Å². The summed E-state index contributed by atoms with van der Waals surface area (Å²) in [5.74, 6) is -0.279. The number of benzene rings is 1. The van der Waals surface area contributed by atoms with Gasteiger partial charge in [0.1, 0.15) is 5.00 Å². The predicted octanol–water partition coefficient (Wildman–Crippen LogP) is 4.33. The molecule has 1 aliphatic carbocycles. The van der Waals surface area contributed by atoms with Gasteiger partial charge in [0.05, 0.1) is 12.7 Å². The number of thiocarbonyl (C=S) groups is 1. The standard InChI is InChI=1S/C20H24N2O2S2/c1-24-19(23)17-15-10-6-3-7-11-16(15)26-18(17)22-20(25)21-13-12-14-8-4-2-5-9-14/h2,4-5,8-9H,3,6-7,10-13H2,1H3,(H2,21,22,25). The van der Waals surface area contributed by atoms with Gasteiger partial charge in [-0.25, -0.2) is 4.79 Å². The lowest BCUT2D eigenvalue weighted by molar-refractivity contribution is 0.0601. The largest absolute Gasteiger partial charge is 0.465 e. The van der Waals surface area contributed by atoms with E-state index >= 15 is 0 Å². The normalized spacial score (nSPS) is 13.4. The van der Waals surface area contributed by atoms with Crippen LogP contribution >= 0.6 is 23.6 Å². The van der Waals surface area contributed by atoms with Gasteiger partial charge in [-0.05, 0) is 55.4 Å². The number of thiophene rings is 1. The molecule has 1 aromatic carbocycles. The molecule has 1 aromatic heterocycles. The Morgan fingerprint density at radius 3 is 2.73 bits per heavy atom. The molecule has 0 bridgehead atoms. The molecule has 3 rings (SSSR count). The van der Waals surface area contributed by atoms with E-state index in [1.165, 1.54) is 30.4 Å². The number of carbonyl (C=O) groups is 1. The summed E-state index contributed by atoms with van der Waals surface area (Å²) in [7, 11) is 1.43. The summed E-state index contributed by atoms with van der Waals surface area (Å²) in [5.41, 5.74) is 3.08. The number of carbonyl (C=O) groups excluding carboxylic acids is 1. The Labute approximate surface area is 164 Å². The van der Waals surface area contributed by atoms with Gasteiger partial charge in [-0.15, -0.1) is 11.3 Å². The fourth-order valence-electron chi connectivity index (χ4n) is 3.26. The maximum Gasteiger partial charge on any atom is 0.341 e. The molecule has 0 radical (unpaired) electrons. The quantitative estimate of drug-likeness (QED) is 0.453. The zero-order valence-electron chi connectivity index (χ0n) is 15.0. The molecule has 0 amide bonds. The van der Waals surface area contributed by atoms with Gasteiger partial charge in [0.2, 0.25) is 0 Å². The summed E-state index contributed by atoms with van der Waals surface area (Å²) in [6.07, 6.45) is 6.37. The maximum absolute atomic E-state index is 12.3. The van der Waals surface area contributed by atoms with E-state index in [9.17, 15) is 4.79 Å². The molecule has 0 atom stereocenters. The van der Waals surface area contributed by atoms with Crippen LogP contribution in [0.4, 0.5) is 5.00 Å². The van der Waals surface area contributed by atoms with Crippen LogP contribution in [0.25, 0.3) is 0 Å². The minimum atomic E-state index is -0.279. The smallest absolute Gasteiger partial charge is 0.341 e. The van der Waals surface area contributed by atoms with Crippen LogP contribution in [0.3, 0.4) is 0 Å². The molecule has 1 heterocycles. The lowest BCUT2D eigenvalue weighted by atomic mass is 10.1. The molecule has 2 N–H and O–H groups in total. The van der Waals surface area contributed by atoms with E-state index in [4.69, 9.17) is 17.0 Å².